The molecule has 0 saturated carbocycles. The zero-order valence-corrected chi connectivity index (χ0v) is 22.3. The predicted octanol–water partition coefficient (Wildman–Crippen LogP) is 7.71. The lowest BCUT2D eigenvalue weighted by Gasteiger charge is -2.33. The molecule has 0 amide bonds. The van der Waals surface area contributed by atoms with E-state index in [0.717, 1.165) is 27.6 Å². The van der Waals surface area contributed by atoms with E-state index in [9.17, 15) is 0 Å². The molecule has 0 atom stereocenters. The molecule has 0 aliphatic carbocycles. The van der Waals surface area contributed by atoms with Gasteiger partial charge in [-0.25, -0.2) is 0 Å². The molecule has 4 aromatic carbocycles. The van der Waals surface area contributed by atoms with Gasteiger partial charge in [-0.1, -0.05) is 72.2 Å². The second-order valence-corrected chi connectivity index (χ2v) is 12.1. The fraction of sp³-hybridized carbons (Fsp3) is 0. The first-order valence-electron chi connectivity index (χ1n) is 13.0. The van der Waals surface area contributed by atoms with E-state index in [4.69, 9.17) is 4.42 Å². The number of rotatable bonds is 2. The highest BCUT2D eigenvalue weighted by atomic mass is 32.1. The molecule has 0 bridgehead atoms. The van der Waals surface area contributed by atoms with Crippen LogP contribution in [0.15, 0.2) is 120 Å². The van der Waals surface area contributed by atoms with E-state index in [-0.39, 0.29) is 6.71 Å². The van der Waals surface area contributed by atoms with E-state index < -0.39 is 0 Å². The van der Waals surface area contributed by atoms with Crippen LogP contribution in [0.25, 0.3) is 42.1 Å². The SMILES string of the molecule is c1ccc(B2c3sc4ccccc4c3N(c3ccc4oc5ccncc5c4c3)c3c2sc2ccccc32)cc1. The van der Waals surface area contributed by atoms with Gasteiger partial charge in [-0.2, -0.15) is 0 Å². The lowest BCUT2D eigenvalue weighted by molar-refractivity contribution is 0.668. The van der Waals surface area contributed by atoms with Gasteiger partial charge in [-0.15, -0.1) is 22.7 Å². The van der Waals surface area contributed by atoms with Crippen molar-refractivity contribution in [3.63, 3.8) is 0 Å². The molecule has 6 heteroatoms. The number of benzene rings is 4. The predicted molar refractivity (Wildman–Crippen MR) is 168 cm³/mol. The van der Waals surface area contributed by atoms with Gasteiger partial charge >= 0.3 is 0 Å². The molecule has 4 aromatic heterocycles. The summed E-state index contributed by atoms with van der Waals surface area (Å²) in [5, 5.41) is 4.71. The first-order valence-corrected chi connectivity index (χ1v) is 14.6. The van der Waals surface area contributed by atoms with Crippen molar-refractivity contribution in [1.29, 1.82) is 0 Å². The lowest BCUT2D eigenvalue weighted by Crippen LogP contribution is -2.54. The van der Waals surface area contributed by atoms with Gasteiger partial charge in [-0.3, -0.25) is 4.98 Å². The highest BCUT2D eigenvalue weighted by Gasteiger charge is 2.40. The third-order valence-electron chi connectivity index (χ3n) is 7.81. The number of nitrogens with zero attached hydrogens (tertiary/aromatic N) is 2. The van der Waals surface area contributed by atoms with Gasteiger partial charge in [0.1, 0.15) is 11.2 Å². The van der Waals surface area contributed by atoms with Crippen LogP contribution in [0.3, 0.4) is 0 Å². The maximum Gasteiger partial charge on any atom is 0.272 e. The van der Waals surface area contributed by atoms with Gasteiger partial charge in [0.05, 0.1) is 11.4 Å². The molecule has 9 rings (SSSR count). The number of aromatic nitrogens is 1. The van der Waals surface area contributed by atoms with Crippen LogP contribution in [0.2, 0.25) is 0 Å². The largest absolute Gasteiger partial charge is 0.456 e. The van der Waals surface area contributed by atoms with Crippen molar-refractivity contribution in [2.45, 2.75) is 0 Å². The van der Waals surface area contributed by atoms with Crippen LogP contribution in [0.5, 0.6) is 0 Å². The van der Waals surface area contributed by atoms with E-state index in [0.29, 0.717) is 0 Å². The molecule has 0 unspecified atom stereocenters. The normalized spacial score (nSPS) is 13.0. The Morgan fingerprint density at radius 1 is 0.615 bits per heavy atom. The van der Waals surface area contributed by atoms with Crippen molar-refractivity contribution < 1.29 is 4.42 Å². The summed E-state index contributed by atoms with van der Waals surface area (Å²) in [6.07, 6.45) is 3.69. The Labute approximate surface area is 232 Å². The van der Waals surface area contributed by atoms with Crippen LogP contribution >= 0.6 is 22.7 Å². The number of hydrogen-bond donors (Lipinski definition) is 0. The van der Waals surface area contributed by atoms with Gasteiger partial charge in [0, 0.05) is 58.6 Å². The van der Waals surface area contributed by atoms with Crippen LogP contribution in [-0.2, 0) is 0 Å². The average molecular weight is 534 g/mol. The molecule has 0 saturated heterocycles. The second-order valence-electron chi connectivity index (χ2n) is 9.96. The molecule has 0 N–H and O–H groups in total. The monoisotopic (exact) mass is 534 g/mol. The zero-order valence-electron chi connectivity index (χ0n) is 20.7. The van der Waals surface area contributed by atoms with Crippen molar-refractivity contribution >= 4 is 104 Å². The Morgan fingerprint density at radius 2 is 1.26 bits per heavy atom. The van der Waals surface area contributed by atoms with Gasteiger partial charge < -0.3 is 9.32 Å². The standard InChI is InChI=1S/C33H19BN2OS2/c1-2-8-20(9-3-1)34-32-30(22-10-4-6-12-28(22)38-32)36(31-23-11-5-7-13-29(23)39-33(31)34)21-14-15-26-24(18-21)25-19-35-17-16-27(25)37-26/h1-19H. The summed E-state index contributed by atoms with van der Waals surface area (Å²) in [7, 11) is 0. The summed E-state index contributed by atoms with van der Waals surface area (Å²) in [6.45, 7) is 0.185. The van der Waals surface area contributed by atoms with Gasteiger partial charge in [0.25, 0.3) is 6.71 Å². The molecule has 1 aliphatic rings. The van der Waals surface area contributed by atoms with Gasteiger partial charge in [-0.05, 0) is 36.4 Å². The number of hydrogen-bond acceptors (Lipinski definition) is 5. The quantitative estimate of drug-likeness (QED) is 0.213. The highest BCUT2D eigenvalue weighted by molar-refractivity contribution is 7.40. The average Bonchev–Trinajstić information content (AvgIpc) is 3.67. The van der Waals surface area contributed by atoms with Gasteiger partial charge in [0.2, 0.25) is 0 Å². The Hall–Kier alpha value is -4.39. The van der Waals surface area contributed by atoms with Crippen LogP contribution in [0.1, 0.15) is 0 Å². The summed E-state index contributed by atoms with van der Waals surface area (Å²) in [6, 6.07) is 37.2. The molecule has 3 nitrogen and oxygen atoms in total. The van der Waals surface area contributed by atoms with Crippen molar-refractivity contribution in [2.24, 2.45) is 0 Å². The van der Waals surface area contributed by atoms with E-state index in [1.54, 1.807) is 6.20 Å². The molecule has 8 aromatic rings. The summed E-state index contributed by atoms with van der Waals surface area (Å²) in [5.74, 6) is 0. The molecule has 0 radical (unpaired) electrons. The van der Waals surface area contributed by atoms with Crippen LogP contribution in [-0.4, -0.2) is 11.7 Å². The third-order valence-corrected chi connectivity index (χ3v) is 10.3. The molecular weight excluding hydrogens is 515 g/mol. The van der Waals surface area contributed by atoms with Crippen molar-refractivity contribution in [3.8, 4) is 0 Å². The smallest absolute Gasteiger partial charge is 0.272 e. The summed E-state index contributed by atoms with van der Waals surface area (Å²) < 4.78 is 11.6. The Morgan fingerprint density at radius 3 is 1.97 bits per heavy atom. The van der Waals surface area contributed by atoms with Crippen LogP contribution < -0.4 is 19.9 Å². The summed E-state index contributed by atoms with van der Waals surface area (Å²) >= 11 is 3.84. The molecule has 0 spiro atoms. The van der Waals surface area contributed by atoms with Crippen molar-refractivity contribution in [3.05, 3.63) is 116 Å². The number of anilines is 3. The molecule has 1 aliphatic heterocycles. The molecule has 182 valence electrons. The number of pyridine rings is 1. The van der Waals surface area contributed by atoms with Crippen molar-refractivity contribution in [1.82, 2.24) is 4.98 Å². The molecule has 5 heterocycles. The number of thiophene rings is 2. The minimum Gasteiger partial charge on any atom is -0.456 e. The van der Waals surface area contributed by atoms with Crippen LogP contribution in [0, 0.1) is 0 Å². The maximum atomic E-state index is 6.16. The summed E-state index contributed by atoms with van der Waals surface area (Å²) in [5.41, 5.74) is 6.78. The first kappa shape index (κ1) is 21.5. The third kappa shape index (κ3) is 3.01. The molecule has 39 heavy (non-hydrogen) atoms. The fourth-order valence-corrected chi connectivity index (χ4v) is 8.87. The van der Waals surface area contributed by atoms with E-state index in [1.165, 1.54) is 46.6 Å². The Bertz CT molecular complexity index is 2130. The van der Waals surface area contributed by atoms with E-state index in [2.05, 4.69) is 107 Å². The Balaban J connectivity index is 1.42. The molecular formula is C33H19BN2OS2. The van der Waals surface area contributed by atoms with E-state index in [1.807, 2.05) is 34.9 Å². The van der Waals surface area contributed by atoms with E-state index >= 15 is 0 Å². The summed E-state index contributed by atoms with van der Waals surface area (Å²) in [4.78, 5) is 6.90. The number of furan rings is 1. The van der Waals surface area contributed by atoms with Crippen LogP contribution in [0.4, 0.5) is 17.1 Å². The topological polar surface area (TPSA) is 29.3 Å². The minimum absolute atomic E-state index is 0.185. The maximum absolute atomic E-state index is 6.16. The minimum atomic E-state index is 0.185. The first-order chi connectivity index (χ1) is 19.3. The Kier molecular flexibility index (Phi) is 4.45. The zero-order chi connectivity index (χ0) is 25.5. The fourth-order valence-electron chi connectivity index (χ4n) is 6.14. The van der Waals surface area contributed by atoms with Gasteiger partial charge in [0.15, 0.2) is 0 Å². The lowest BCUT2D eigenvalue weighted by atomic mass is 9.41. The highest BCUT2D eigenvalue weighted by Crippen LogP contribution is 2.48. The van der Waals surface area contributed by atoms with Crippen molar-refractivity contribution in [2.75, 3.05) is 4.90 Å². The second kappa shape index (κ2) is 8.06. The number of fused-ring (bicyclic) bond motifs is 9. The molecule has 0 fully saturated rings.